The van der Waals surface area contributed by atoms with Crippen LogP contribution in [0.25, 0.3) is 0 Å². The Morgan fingerprint density at radius 3 is 2.48 bits per heavy atom. The summed E-state index contributed by atoms with van der Waals surface area (Å²) in [6.45, 7) is 6.19. The van der Waals surface area contributed by atoms with Gasteiger partial charge in [0.1, 0.15) is 5.75 Å². The summed E-state index contributed by atoms with van der Waals surface area (Å²) in [4.78, 5) is 0. The Hall–Kier alpha value is -1.24. The highest BCUT2D eigenvalue weighted by molar-refractivity contribution is 5.41. The van der Waals surface area contributed by atoms with E-state index in [9.17, 15) is 5.11 Å². The van der Waals surface area contributed by atoms with E-state index in [1.165, 1.54) is 76.2 Å². The Balaban J connectivity index is 1.87. The molecule has 25 heavy (non-hydrogen) atoms. The molecule has 0 atom stereocenters. The molecule has 0 aromatic heterocycles. The van der Waals surface area contributed by atoms with Crippen molar-refractivity contribution in [2.45, 2.75) is 89.4 Å². The van der Waals surface area contributed by atoms with Gasteiger partial charge in [0.15, 0.2) is 0 Å². The zero-order chi connectivity index (χ0) is 17.7. The minimum atomic E-state index is 0.360. The molecule has 0 spiro atoms. The van der Waals surface area contributed by atoms with Gasteiger partial charge in [-0.05, 0) is 66.5 Å². The summed E-state index contributed by atoms with van der Waals surface area (Å²) in [6.07, 6.45) is 17.9. The van der Waals surface area contributed by atoms with Gasteiger partial charge in [-0.2, -0.15) is 0 Å². The van der Waals surface area contributed by atoms with Gasteiger partial charge < -0.3 is 5.11 Å². The van der Waals surface area contributed by atoms with E-state index >= 15 is 0 Å². The van der Waals surface area contributed by atoms with E-state index in [0.29, 0.717) is 11.2 Å². The lowest BCUT2D eigenvalue weighted by Gasteiger charge is -2.47. The first kappa shape index (κ1) is 18.5. The maximum absolute atomic E-state index is 10.2. The van der Waals surface area contributed by atoms with Crippen molar-refractivity contribution in [3.05, 3.63) is 42.0 Å². The van der Waals surface area contributed by atoms with Crippen LogP contribution in [-0.4, -0.2) is 5.11 Å². The highest BCUT2D eigenvalue weighted by Crippen LogP contribution is 2.51. The fourth-order valence-electron chi connectivity index (χ4n) is 5.74. The van der Waals surface area contributed by atoms with E-state index in [1.54, 1.807) is 0 Å². The number of hydrogen-bond donors (Lipinski definition) is 1. The summed E-state index contributed by atoms with van der Waals surface area (Å²) in [5, 5.41) is 10.2. The van der Waals surface area contributed by atoms with Gasteiger partial charge in [-0.1, -0.05) is 70.1 Å². The Morgan fingerprint density at radius 2 is 1.84 bits per heavy atom. The molecule has 2 aliphatic carbocycles. The van der Waals surface area contributed by atoms with Gasteiger partial charge in [-0.25, -0.2) is 0 Å². The summed E-state index contributed by atoms with van der Waals surface area (Å²) in [6, 6.07) is 6.47. The third-order valence-electron chi connectivity index (χ3n) is 7.09. The van der Waals surface area contributed by atoms with Gasteiger partial charge in [-0.3, -0.25) is 0 Å². The topological polar surface area (TPSA) is 20.2 Å². The average molecular weight is 341 g/mol. The maximum atomic E-state index is 10.2. The normalized spacial score (nSPS) is 26.3. The molecule has 0 unspecified atom stereocenters. The molecule has 2 aliphatic rings. The number of allylic oxidation sites excluding steroid dienone is 1. The van der Waals surface area contributed by atoms with Crippen LogP contribution in [0.2, 0.25) is 0 Å². The van der Waals surface area contributed by atoms with Crippen molar-refractivity contribution in [2.24, 2.45) is 11.8 Å². The number of benzene rings is 1. The minimum Gasteiger partial charge on any atom is -0.508 e. The van der Waals surface area contributed by atoms with E-state index in [4.69, 9.17) is 0 Å². The molecule has 0 amide bonds. The first-order valence-electron chi connectivity index (χ1n) is 10.6. The van der Waals surface area contributed by atoms with Gasteiger partial charge in [0.25, 0.3) is 0 Å². The zero-order valence-corrected chi connectivity index (χ0v) is 16.1. The van der Waals surface area contributed by atoms with E-state index in [-0.39, 0.29) is 0 Å². The fraction of sp³-hybridized carbons (Fsp3) is 0.667. The Labute approximate surface area is 154 Å². The van der Waals surface area contributed by atoms with Gasteiger partial charge in [0, 0.05) is 0 Å². The highest BCUT2D eigenvalue weighted by Gasteiger charge is 2.42. The summed E-state index contributed by atoms with van der Waals surface area (Å²) < 4.78 is 0. The summed E-state index contributed by atoms with van der Waals surface area (Å²) in [7, 11) is 0. The van der Waals surface area contributed by atoms with E-state index in [2.05, 4.69) is 25.6 Å². The number of phenols is 1. The molecule has 0 saturated heterocycles. The second-order valence-electron chi connectivity index (χ2n) is 8.56. The number of hydrogen-bond acceptors (Lipinski definition) is 1. The van der Waals surface area contributed by atoms with Crippen LogP contribution in [-0.2, 0) is 11.8 Å². The van der Waals surface area contributed by atoms with Crippen molar-refractivity contribution in [3.63, 3.8) is 0 Å². The van der Waals surface area contributed by atoms with Crippen molar-refractivity contribution in [3.8, 4) is 5.75 Å². The molecule has 3 rings (SSSR count). The molecule has 1 nitrogen and oxygen atoms in total. The smallest absolute Gasteiger partial charge is 0.119 e. The van der Waals surface area contributed by atoms with Crippen LogP contribution in [0, 0.1) is 11.8 Å². The Morgan fingerprint density at radius 1 is 1.12 bits per heavy atom. The summed E-state index contributed by atoms with van der Waals surface area (Å²) >= 11 is 0. The molecule has 1 N–H and O–H groups in total. The van der Waals surface area contributed by atoms with Crippen LogP contribution in [0.4, 0.5) is 0 Å². The molecular formula is C24H36O. The molecule has 2 saturated carbocycles. The molecule has 1 heteroatoms. The molecule has 1 aromatic rings. The first-order valence-corrected chi connectivity index (χ1v) is 10.6. The lowest BCUT2D eigenvalue weighted by Crippen LogP contribution is -2.39. The molecule has 1 aromatic carbocycles. The average Bonchev–Trinajstić information content (AvgIpc) is 2.65. The number of aromatic hydroxyl groups is 1. The highest BCUT2D eigenvalue weighted by atomic mass is 16.3. The van der Waals surface area contributed by atoms with Crippen molar-refractivity contribution in [1.82, 2.24) is 0 Å². The lowest BCUT2D eigenvalue weighted by molar-refractivity contribution is 0.125. The predicted molar refractivity (Wildman–Crippen MR) is 107 cm³/mol. The Kier molecular flexibility index (Phi) is 6.25. The van der Waals surface area contributed by atoms with Gasteiger partial charge in [0.2, 0.25) is 0 Å². The zero-order valence-electron chi connectivity index (χ0n) is 16.1. The van der Waals surface area contributed by atoms with Crippen molar-refractivity contribution in [1.29, 1.82) is 0 Å². The molecule has 0 aliphatic heterocycles. The third-order valence-corrected chi connectivity index (χ3v) is 7.09. The molecule has 2 fully saturated rings. The van der Waals surface area contributed by atoms with E-state index in [1.807, 2.05) is 12.1 Å². The van der Waals surface area contributed by atoms with Crippen molar-refractivity contribution in [2.75, 3.05) is 0 Å². The fourth-order valence-corrected chi connectivity index (χ4v) is 5.74. The van der Waals surface area contributed by atoms with Crippen LogP contribution in [0.1, 0.15) is 88.7 Å². The molecular weight excluding hydrogens is 304 g/mol. The van der Waals surface area contributed by atoms with Crippen LogP contribution in [0.3, 0.4) is 0 Å². The number of phenolic OH excluding ortho intramolecular Hbond substituents is 1. The van der Waals surface area contributed by atoms with Crippen LogP contribution in [0.15, 0.2) is 30.9 Å². The van der Waals surface area contributed by atoms with Crippen LogP contribution >= 0.6 is 0 Å². The monoisotopic (exact) mass is 340 g/mol. The maximum Gasteiger partial charge on any atom is 0.119 e. The van der Waals surface area contributed by atoms with Crippen LogP contribution in [0.5, 0.6) is 5.75 Å². The third kappa shape index (κ3) is 3.96. The van der Waals surface area contributed by atoms with Gasteiger partial charge in [0.05, 0.1) is 0 Å². The summed E-state index contributed by atoms with van der Waals surface area (Å²) in [5.41, 5.74) is 2.91. The Bertz CT molecular complexity index is 559. The molecule has 0 heterocycles. The van der Waals surface area contributed by atoms with Gasteiger partial charge in [-0.15, -0.1) is 6.58 Å². The molecule has 0 bridgehead atoms. The largest absolute Gasteiger partial charge is 0.508 e. The lowest BCUT2D eigenvalue weighted by atomic mass is 9.57. The van der Waals surface area contributed by atoms with Gasteiger partial charge >= 0.3 is 0 Å². The standard InChI is InChI=1S/C24H36O/c1-3-8-19-10-12-21(13-11-19)24(16-6-5-7-17-24)22-14-15-23(25)20(18-22)9-4-2/h4,14-15,18-19,21,25H,2-3,5-13,16-17H2,1H3. The van der Waals surface area contributed by atoms with E-state index in [0.717, 1.165) is 23.8 Å². The second-order valence-corrected chi connectivity index (χ2v) is 8.56. The second kappa shape index (κ2) is 8.43. The van der Waals surface area contributed by atoms with Crippen molar-refractivity contribution < 1.29 is 5.11 Å². The van der Waals surface area contributed by atoms with Crippen molar-refractivity contribution >= 4 is 0 Å². The quantitative estimate of drug-likeness (QED) is 0.557. The van der Waals surface area contributed by atoms with E-state index < -0.39 is 0 Å². The van der Waals surface area contributed by atoms with Crippen LogP contribution < -0.4 is 0 Å². The SMILES string of the molecule is C=CCc1cc(C2(C3CCC(CCC)CC3)CCCCC2)ccc1O. The minimum absolute atomic E-state index is 0.360. The summed E-state index contributed by atoms with van der Waals surface area (Å²) in [5.74, 6) is 2.24. The number of rotatable bonds is 6. The predicted octanol–water partition coefficient (Wildman–Crippen LogP) is 6.93. The molecule has 138 valence electrons. The first-order chi connectivity index (χ1) is 12.2. The molecule has 0 radical (unpaired) electrons.